The molecule has 4 N–H and O–H groups in total. The summed E-state index contributed by atoms with van der Waals surface area (Å²) in [6.07, 6.45) is 1.26. The molecular formula is C16H27N3O4S. The molecule has 0 radical (unpaired) electrons. The van der Waals surface area contributed by atoms with E-state index in [4.69, 9.17) is 5.73 Å². The Hall–Kier alpha value is -1.54. The molecular weight excluding hydrogens is 330 g/mol. The van der Waals surface area contributed by atoms with Gasteiger partial charge in [-0.05, 0) is 37.1 Å². The second kappa shape index (κ2) is 8.02. The molecule has 1 saturated heterocycles. The van der Waals surface area contributed by atoms with Crippen LogP contribution in [0.25, 0.3) is 0 Å². The summed E-state index contributed by atoms with van der Waals surface area (Å²) in [4.78, 5) is 37.6. The van der Waals surface area contributed by atoms with Crippen molar-refractivity contribution in [2.75, 3.05) is 6.54 Å². The maximum Gasteiger partial charge on any atom is 0.258 e. The predicted molar refractivity (Wildman–Crippen MR) is 93.4 cm³/mol. The molecule has 24 heavy (non-hydrogen) atoms. The first-order valence-electron chi connectivity index (χ1n) is 7.85. The zero-order chi connectivity index (χ0) is 18.7. The van der Waals surface area contributed by atoms with Gasteiger partial charge in [-0.2, -0.15) is 0 Å². The van der Waals surface area contributed by atoms with Gasteiger partial charge in [0.2, 0.25) is 5.91 Å². The number of primary amides is 1. The van der Waals surface area contributed by atoms with Gasteiger partial charge >= 0.3 is 0 Å². The number of rotatable bonds is 6. The Kier molecular flexibility index (Phi) is 6.86. The Morgan fingerprint density at radius 2 is 1.96 bits per heavy atom. The number of likely N-dealkylation sites (tertiary alicyclic amines) is 1. The molecule has 3 atom stereocenters. The van der Waals surface area contributed by atoms with Crippen LogP contribution in [0, 0.1) is 11.3 Å². The third-order valence-corrected chi connectivity index (χ3v) is 4.73. The summed E-state index contributed by atoms with van der Waals surface area (Å²) in [5.74, 6) is -1.85. The Morgan fingerprint density at radius 3 is 2.42 bits per heavy atom. The molecule has 8 heteroatoms. The predicted octanol–water partition coefficient (Wildman–Crippen LogP) is 0.784. The van der Waals surface area contributed by atoms with Crippen LogP contribution in [0.5, 0.6) is 0 Å². The Balaban J connectivity index is 2.83. The minimum Gasteiger partial charge on any atom is -0.372 e. The van der Waals surface area contributed by atoms with E-state index in [0.29, 0.717) is 24.9 Å². The van der Waals surface area contributed by atoms with E-state index in [1.54, 1.807) is 4.90 Å². The molecule has 0 bridgehead atoms. The lowest BCUT2D eigenvalue weighted by atomic mass is 9.76. The smallest absolute Gasteiger partial charge is 0.258 e. The quantitative estimate of drug-likeness (QED) is 0.369. The van der Waals surface area contributed by atoms with Gasteiger partial charge in [0.1, 0.15) is 6.04 Å². The van der Waals surface area contributed by atoms with Gasteiger partial charge in [0.15, 0.2) is 5.44 Å². The molecule has 0 aliphatic carbocycles. The minimum absolute atomic E-state index is 0.118. The van der Waals surface area contributed by atoms with E-state index in [1.165, 1.54) is 0 Å². The fraction of sp³-hybridized carbons (Fsp3) is 0.688. The van der Waals surface area contributed by atoms with Crippen molar-refractivity contribution < 1.29 is 19.5 Å². The van der Waals surface area contributed by atoms with Crippen LogP contribution in [0.2, 0.25) is 0 Å². The van der Waals surface area contributed by atoms with Crippen LogP contribution >= 0.6 is 11.9 Å². The number of amides is 3. The molecule has 1 fully saturated rings. The molecule has 3 amide bonds. The van der Waals surface area contributed by atoms with E-state index in [9.17, 15) is 19.5 Å². The van der Waals surface area contributed by atoms with Crippen molar-refractivity contribution in [2.24, 2.45) is 17.1 Å². The third kappa shape index (κ3) is 4.98. The van der Waals surface area contributed by atoms with Gasteiger partial charge in [-0.1, -0.05) is 32.9 Å². The van der Waals surface area contributed by atoms with Crippen molar-refractivity contribution in [3.63, 3.8) is 0 Å². The molecule has 1 unspecified atom stereocenters. The highest BCUT2D eigenvalue weighted by Crippen LogP contribution is 2.34. The van der Waals surface area contributed by atoms with Crippen LogP contribution in [-0.2, 0) is 14.4 Å². The highest BCUT2D eigenvalue weighted by Gasteiger charge is 2.41. The summed E-state index contributed by atoms with van der Waals surface area (Å²) >= 11 is 0.539. The van der Waals surface area contributed by atoms with Gasteiger partial charge in [-0.25, -0.2) is 0 Å². The summed E-state index contributed by atoms with van der Waals surface area (Å²) in [5.41, 5.74) is 3.88. The van der Waals surface area contributed by atoms with Gasteiger partial charge in [0.25, 0.3) is 11.8 Å². The van der Waals surface area contributed by atoms with Gasteiger partial charge in [0.05, 0.1) is 5.92 Å². The molecule has 0 spiro atoms. The molecule has 0 aromatic heterocycles. The first-order chi connectivity index (χ1) is 11.0. The minimum atomic E-state index is -1.52. The summed E-state index contributed by atoms with van der Waals surface area (Å²) in [6.45, 7) is 12.1. The molecule has 1 rings (SSSR count). The number of nitrogens with one attached hydrogen (secondary N) is 1. The molecule has 0 aromatic carbocycles. The van der Waals surface area contributed by atoms with Gasteiger partial charge in [0, 0.05) is 6.54 Å². The zero-order valence-electron chi connectivity index (χ0n) is 14.7. The van der Waals surface area contributed by atoms with Crippen LogP contribution in [0.3, 0.4) is 0 Å². The van der Waals surface area contributed by atoms with Crippen molar-refractivity contribution in [1.29, 1.82) is 0 Å². The monoisotopic (exact) mass is 357 g/mol. The molecule has 0 saturated carbocycles. The summed E-state index contributed by atoms with van der Waals surface area (Å²) in [5, 5.41) is 9.34. The molecule has 136 valence electrons. The summed E-state index contributed by atoms with van der Waals surface area (Å²) in [7, 11) is 0. The van der Waals surface area contributed by atoms with Crippen LogP contribution in [0.15, 0.2) is 12.2 Å². The Morgan fingerprint density at radius 1 is 1.38 bits per heavy atom. The van der Waals surface area contributed by atoms with Crippen molar-refractivity contribution >= 4 is 29.7 Å². The first kappa shape index (κ1) is 20.5. The normalized spacial score (nSPS) is 20.4. The van der Waals surface area contributed by atoms with E-state index in [2.05, 4.69) is 11.3 Å². The van der Waals surface area contributed by atoms with Gasteiger partial charge in [-0.3, -0.25) is 19.1 Å². The lowest BCUT2D eigenvalue weighted by molar-refractivity contribution is -0.142. The van der Waals surface area contributed by atoms with Crippen LogP contribution in [0.4, 0.5) is 0 Å². The standard InChI is InChI=1S/C16H27N3O4S/c1-9(2)11(16(3,4)5)14(22)19-8-6-7-10(19)13(21)18-24-15(23)12(17)20/h10-11,15,23H,1,6-8H2,2-5H3,(H2,17,20)(H,18,21)/t10-,11+,15?/m0/s1. The number of hydrogen-bond donors (Lipinski definition) is 3. The van der Waals surface area contributed by atoms with Crippen LogP contribution in [-0.4, -0.2) is 45.8 Å². The van der Waals surface area contributed by atoms with Crippen LogP contribution in [0.1, 0.15) is 40.5 Å². The highest BCUT2D eigenvalue weighted by atomic mass is 32.2. The second-order valence-electron chi connectivity index (χ2n) is 7.17. The molecule has 1 heterocycles. The van der Waals surface area contributed by atoms with Crippen molar-refractivity contribution in [2.45, 2.75) is 52.0 Å². The summed E-state index contributed by atoms with van der Waals surface area (Å²) < 4.78 is 2.41. The van der Waals surface area contributed by atoms with E-state index in [-0.39, 0.29) is 17.2 Å². The van der Waals surface area contributed by atoms with E-state index in [1.807, 2.05) is 27.7 Å². The van der Waals surface area contributed by atoms with E-state index >= 15 is 0 Å². The average Bonchev–Trinajstić information content (AvgIpc) is 2.91. The van der Waals surface area contributed by atoms with Gasteiger partial charge in [-0.15, -0.1) is 0 Å². The Labute approximate surface area is 147 Å². The topological polar surface area (TPSA) is 113 Å². The molecule has 1 aliphatic rings. The number of nitrogens with zero attached hydrogens (tertiary/aromatic N) is 1. The highest BCUT2D eigenvalue weighted by molar-refractivity contribution is 7.99. The third-order valence-electron chi connectivity index (χ3n) is 3.96. The first-order valence-corrected chi connectivity index (χ1v) is 8.73. The maximum atomic E-state index is 12.9. The number of carbonyl (C=O) groups excluding carboxylic acids is 3. The van der Waals surface area contributed by atoms with Crippen molar-refractivity contribution in [3.8, 4) is 0 Å². The van der Waals surface area contributed by atoms with Crippen molar-refractivity contribution in [1.82, 2.24) is 9.62 Å². The number of carbonyl (C=O) groups is 3. The molecule has 7 nitrogen and oxygen atoms in total. The fourth-order valence-electron chi connectivity index (χ4n) is 3.03. The van der Waals surface area contributed by atoms with E-state index < -0.39 is 23.3 Å². The maximum absolute atomic E-state index is 12.9. The van der Waals surface area contributed by atoms with Crippen molar-refractivity contribution in [3.05, 3.63) is 12.2 Å². The lowest BCUT2D eigenvalue weighted by Gasteiger charge is -2.35. The lowest BCUT2D eigenvalue weighted by Crippen LogP contribution is -2.49. The summed E-state index contributed by atoms with van der Waals surface area (Å²) in [6, 6.07) is -0.616. The van der Waals surface area contributed by atoms with E-state index in [0.717, 1.165) is 12.0 Å². The SMILES string of the molecule is C=C(C)[C@H](C(=O)N1CCC[C@H]1C(=O)NSC(O)C(N)=O)C(C)(C)C. The van der Waals surface area contributed by atoms with Crippen LogP contribution < -0.4 is 10.5 Å². The number of aliphatic hydroxyl groups excluding tert-OH is 1. The Bertz CT molecular complexity index is 530. The van der Waals surface area contributed by atoms with Gasteiger partial charge < -0.3 is 15.7 Å². The zero-order valence-corrected chi connectivity index (χ0v) is 15.5. The molecule has 1 aliphatic heterocycles. The second-order valence-corrected chi connectivity index (χ2v) is 8.06. The largest absolute Gasteiger partial charge is 0.372 e. The number of hydrogen-bond acceptors (Lipinski definition) is 5. The fourth-order valence-corrected chi connectivity index (χ4v) is 3.51. The number of aliphatic hydroxyl groups is 1. The number of nitrogens with two attached hydrogens (primary N) is 1. The molecule has 0 aromatic rings. The average molecular weight is 357 g/mol.